The Morgan fingerprint density at radius 1 is 0.944 bits per heavy atom. The van der Waals surface area contributed by atoms with Crippen LogP contribution < -0.4 is 5.32 Å². The average molecular weight is 539 g/mol. The molecule has 4 nitrogen and oxygen atoms in total. The minimum Gasteiger partial charge on any atom is -0.352 e. The number of imidazole rings is 1. The highest BCUT2D eigenvalue weighted by molar-refractivity contribution is 7.99. The van der Waals surface area contributed by atoms with Crippen LogP contribution in [0.2, 0.25) is 10.0 Å². The Hall–Kier alpha value is -2.73. The van der Waals surface area contributed by atoms with Crippen LogP contribution in [-0.2, 0) is 6.54 Å². The van der Waals surface area contributed by atoms with Crippen molar-refractivity contribution in [2.45, 2.75) is 37.9 Å². The van der Waals surface area contributed by atoms with Gasteiger partial charge in [0.15, 0.2) is 5.16 Å². The molecule has 0 fully saturated rings. The molecule has 0 unspecified atom stereocenters. The lowest BCUT2D eigenvalue weighted by atomic mass is 10.0. The molecule has 0 saturated heterocycles. The fourth-order valence-electron chi connectivity index (χ4n) is 3.96. The molecular weight excluding hydrogens is 509 g/mol. The number of hydrogen-bond donors (Lipinski definition) is 1. The Morgan fingerprint density at radius 3 is 2.31 bits per heavy atom. The predicted octanol–water partition coefficient (Wildman–Crippen LogP) is 8.24. The molecule has 4 aromatic rings. The Labute approximate surface area is 227 Å². The van der Waals surface area contributed by atoms with E-state index in [2.05, 4.69) is 65.3 Å². The van der Waals surface area contributed by atoms with Crippen LogP contribution in [0.25, 0.3) is 22.5 Å². The van der Waals surface area contributed by atoms with Gasteiger partial charge in [0.2, 0.25) is 0 Å². The zero-order valence-corrected chi connectivity index (χ0v) is 22.5. The van der Waals surface area contributed by atoms with Crippen LogP contribution in [-0.4, -0.2) is 27.8 Å². The summed E-state index contributed by atoms with van der Waals surface area (Å²) < 4.78 is 2.36. The van der Waals surface area contributed by atoms with Crippen LogP contribution in [0.15, 0.2) is 84.0 Å². The number of carbonyl (C=O) groups excluding carboxylic acids is 1. The molecule has 0 aliphatic carbocycles. The zero-order chi connectivity index (χ0) is 25.3. The van der Waals surface area contributed by atoms with Crippen LogP contribution in [0.5, 0.6) is 0 Å². The van der Waals surface area contributed by atoms with Crippen LogP contribution in [0.3, 0.4) is 0 Å². The standard InChI is InChI=1S/C29H29Cl2N3OS/c1-2-3-18-34-27(22-13-8-5-9-14-22)26(21-11-6-4-7-12-21)33-29(34)36-19-10-17-32-28(35)24-16-15-23(30)20-25(24)31/h4-9,11-16,20H,2-3,10,17-19H2,1H3,(H,32,35). The molecule has 186 valence electrons. The third-order valence-corrected chi connectivity index (χ3v) is 7.39. The lowest BCUT2D eigenvalue weighted by Gasteiger charge is -2.13. The first-order valence-corrected chi connectivity index (χ1v) is 13.9. The second-order valence-electron chi connectivity index (χ2n) is 8.41. The van der Waals surface area contributed by atoms with Crippen LogP contribution in [0.4, 0.5) is 0 Å². The maximum Gasteiger partial charge on any atom is 0.252 e. The summed E-state index contributed by atoms with van der Waals surface area (Å²) in [5.74, 6) is 0.643. The summed E-state index contributed by atoms with van der Waals surface area (Å²) in [5.41, 5.74) is 4.87. The summed E-state index contributed by atoms with van der Waals surface area (Å²) in [7, 11) is 0. The largest absolute Gasteiger partial charge is 0.352 e. The van der Waals surface area contributed by atoms with Gasteiger partial charge in [-0.15, -0.1) is 0 Å². The molecule has 1 heterocycles. The summed E-state index contributed by atoms with van der Waals surface area (Å²) in [6, 6.07) is 25.8. The lowest BCUT2D eigenvalue weighted by molar-refractivity contribution is 0.0954. The fourth-order valence-corrected chi connectivity index (χ4v) is 5.42. The molecule has 36 heavy (non-hydrogen) atoms. The van der Waals surface area contributed by atoms with Gasteiger partial charge in [-0.2, -0.15) is 0 Å². The number of thioether (sulfide) groups is 1. The minimum absolute atomic E-state index is 0.191. The summed E-state index contributed by atoms with van der Waals surface area (Å²) in [6.07, 6.45) is 3.00. The molecule has 4 rings (SSSR count). The molecule has 0 radical (unpaired) electrons. The highest BCUT2D eigenvalue weighted by Crippen LogP contribution is 2.36. The van der Waals surface area contributed by atoms with Crippen LogP contribution >= 0.6 is 35.0 Å². The van der Waals surface area contributed by atoms with Gasteiger partial charge >= 0.3 is 0 Å². The summed E-state index contributed by atoms with van der Waals surface area (Å²) in [6.45, 7) is 3.67. The first kappa shape index (κ1) is 26.3. The van der Waals surface area contributed by atoms with Crippen LogP contribution in [0.1, 0.15) is 36.5 Å². The molecular formula is C29H29Cl2N3OS. The van der Waals surface area contributed by atoms with E-state index in [1.165, 1.54) is 5.56 Å². The molecule has 1 N–H and O–H groups in total. The van der Waals surface area contributed by atoms with E-state index < -0.39 is 0 Å². The Bertz CT molecular complexity index is 1290. The minimum atomic E-state index is -0.191. The number of aromatic nitrogens is 2. The Kier molecular flexibility index (Phi) is 9.51. The predicted molar refractivity (Wildman–Crippen MR) is 152 cm³/mol. The van der Waals surface area contributed by atoms with Crippen molar-refractivity contribution in [3.63, 3.8) is 0 Å². The second-order valence-corrected chi connectivity index (χ2v) is 10.3. The number of nitrogens with one attached hydrogen (secondary N) is 1. The number of carbonyl (C=O) groups is 1. The van der Waals surface area contributed by atoms with E-state index >= 15 is 0 Å². The van der Waals surface area contributed by atoms with Gasteiger partial charge in [0.05, 0.1) is 22.0 Å². The molecule has 0 spiro atoms. The molecule has 7 heteroatoms. The van der Waals surface area contributed by atoms with E-state index in [0.29, 0.717) is 22.2 Å². The number of rotatable bonds is 11. The van der Waals surface area contributed by atoms with E-state index in [4.69, 9.17) is 28.2 Å². The third-order valence-electron chi connectivity index (χ3n) is 5.78. The fraction of sp³-hybridized carbons (Fsp3) is 0.241. The van der Waals surface area contributed by atoms with Crippen LogP contribution in [0, 0.1) is 0 Å². The summed E-state index contributed by atoms with van der Waals surface area (Å²) in [4.78, 5) is 17.6. The topological polar surface area (TPSA) is 46.9 Å². The smallest absolute Gasteiger partial charge is 0.252 e. The SMILES string of the molecule is CCCCn1c(SCCCNC(=O)c2ccc(Cl)cc2Cl)nc(-c2ccccc2)c1-c1ccccc1. The third kappa shape index (κ3) is 6.52. The van der Waals surface area contributed by atoms with Crippen molar-refractivity contribution in [1.82, 2.24) is 14.9 Å². The molecule has 0 bridgehead atoms. The van der Waals surface area contributed by atoms with Gasteiger partial charge in [-0.25, -0.2) is 4.98 Å². The molecule has 0 atom stereocenters. The maximum absolute atomic E-state index is 12.5. The normalized spacial score (nSPS) is 11.0. The number of unbranched alkanes of at least 4 members (excludes halogenated alkanes) is 1. The molecule has 0 aliphatic rings. The number of hydrogen-bond acceptors (Lipinski definition) is 3. The summed E-state index contributed by atoms with van der Waals surface area (Å²) in [5, 5.41) is 4.83. The monoisotopic (exact) mass is 537 g/mol. The van der Waals surface area contributed by atoms with Gasteiger partial charge in [0.25, 0.3) is 5.91 Å². The van der Waals surface area contributed by atoms with Gasteiger partial charge in [-0.05, 0) is 31.0 Å². The van der Waals surface area contributed by atoms with Crippen molar-refractivity contribution >= 4 is 40.9 Å². The number of benzene rings is 3. The first-order valence-electron chi connectivity index (χ1n) is 12.2. The molecule has 3 aromatic carbocycles. The average Bonchev–Trinajstić information content (AvgIpc) is 3.26. The number of amides is 1. The second kappa shape index (κ2) is 13.0. The highest BCUT2D eigenvalue weighted by atomic mass is 35.5. The zero-order valence-electron chi connectivity index (χ0n) is 20.2. The van der Waals surface area contributed by atoms with Crippen molar-refractivity contribution in [3.8, 4) is 22.5 Å². The van der Waals surface area contributed by atoms with Crippen molar-refractivity contribution < 1.29 is 4.79 Å². The van der Waals surface area contributed by atoms with Crippen molar-refractivity contribution in [2.24, 2.45) is 0 Å². The van der Waals surface area contributed by atoms with Gasteiger partial charge in [-0.3, -0.25) is 4.79 Å². The van der Waals surface area contributed by atoms with E-state index in [0.717, 1.165) is 53.7 Å². The molecule has 1 aromatic heterocycles. The van der Waals surface area contributed by atoms with E-state index in [-0.39, 0.29) is 5.91 Å². The van der Waals surface area contributed by atoms with Gasteiger partial charge < -0.3 is 9.88 Å². The van der Waals surface area contributed by atoms with Crippen molar-refractivity contribution in [3.05, 3.63) is 94.5 Å². The maximum atomic E-state index is 12.5. The van der Waals surface area contributed by atoms with Crippen molar-refractivity contribution in [2.75, 3.05) is 12.3 Å². The van der Waals surface area contributed by atoms with Gasteiger partial charge in [-0.1, -0.05) is 109 Å². The molecule has 0 aliphatic heterocycles. The highest BCUT2D eigenvalue weighted by Gasteiger charge is 2.20. The Morgan fingerprint density at radius 2 is 1.64 bits per heavy atom. The summed E-state index contributed by atoms with van der Waals surface area (Å²) >= 11 is 13.8. The van der Waals surface area contributed by atoms with Crippen molar-refractivity contribution in [1.29, 1.82) is 0 Å². The van der Waals surface area contributed by atoms with Gasteiger partial charge in [0.1, 0.15) is 0 Å². The van der Waals surface area contributed by atoms with Gasteiger partial charge in [0, 0.05) is 35.0 Å². The lowest BCUT2D eigenvalue weighted by Crippen LogP contribution is -2.25. The molecule has 0 saturated carbocycles. The van der Waals surface area contributed by atoms with E-state index in [1.54, 1.807) is 30.0 Å². The first-order chi connectivity index (χ1) is 17.6. The number of nitrogens with zero attached hydrogens (tertiary/aromatic N) is 2. The Balaban J connectivity index is 1.50. The van der Waals surface area contributed by atoms with E-state index in [1.807, 2.05) is 12.1 Å². The quantitative estimate of drug-likeness (QED) is 0.155. The number of halogens is 2. The van der Waals surface area contributed by atoms with E-state index in [9.17, 15) is 4.79 Å². The molecule has 1 amide bonds.